The SMILES string of the molecule is CCc1ncsc1C(=O)N1CCCC(C(O)c2nccn2C)C1. The number of likely N-dealkylation sites (tertiary alicyclic amines) is 1. The van der Waals surface area contributed by atoms with E-state index in [-0.39, 0.29) is 11.8 Å². The van der Waals surface area contributed by atoms with Crippen molar-refractivity contribution in [2.45, 2.75) is 32.3 Å². The minimum atomic E-state index is -0.641. The third kappa shape index (κ3) is 3.16. The number of thiazole rings is 1. The second-order valence-electron chi connectivity index (χ2n) is 5.98. The van der Waals surface area contributed by atoms with Crippen LogP contribution in [-0.4, -0.2) is 43.5 Å². The van der Waals surface area contributed by atoms with E-state index in [4.69, 9.17) is 0 Å². The van der Waals surface area contributed by atoms with E-state index >= 15 is 0 Å². The van der Waals surface area contributed by atoms with Crippen LogP contribution in [0.3, 0.4) is 0 Å². The lowest BCUT2D eigenvalue weighted by molar-refractivity contribution is 0.0360. The van der Waals surface area contributed by atoms with Crippen LogP contribution in [0.5, 0.6) is 0 Å². The largest absolute Gasteiger partial charge is 0.385 e. The first kappa shape index (κ1) is 16.1. The highest BCUT2D eigenvalue weighted by Gasteiger charge is 2.32. The highest BCUT2D eigenvalue weighted by molar-refractivity contribution is 7.11. The van der Waals surface area contributed by atoms with E-state index in [2.05, 4.69) is 9.97 Å². The zero-order chi connectivity index (χ0) is 16.4. The maximum absolute atomic E-state index is 12.8. The van der Waals surface area contributed by atoms with Crippen molar-refractivity contribution in [3.63, 3.8) is 0 Å². The second kappa shape index (κ2) is 6.80. The van der Waals surface area contributed by atoms with E-state index in [1.165, 1.54) is 11.3 Å². The first-order chi connectivity index (χ1) is 11.1. The smallest absolute Gasteiger partial charge is 0.265 e. The minimum absolute atomic E-state index is 0.0202. The first-order valence-electron chi connectivity index (χ1n) is 7.98. The second-order valence-corrected chi connectivity index (χ2v) is 6.83. The molecule has 1 aliphatic rings. The minimum Gasteiger partial charge on any atom is -0.385 e. The number of amides is 1. The Hall–Kier alpha value is -1.73. The van der Waals surface area contributed by atoms with Crippen molar-refractivity contribution >= 4 is 17.2 Å². The number of piperidine rings is 1. The van der Waals surface area contributed by atoms with Crippen molar-refractivity contribution in [2.24, 2.45) is 13.0 Å². The molecule has 0 radical (unpaired) electrons. The van der Waals surface area contributed by atoms with Gasteiger partial charge in [-0.05, 0) is 19.3 Å². The predicted octanol–water partition coefficient (Wildman–Crippen LogP) is 2.02. The fourth-order valence-electron chi connectivity index (χ4n) is 3.16. The van der Waals surface area contributed by atoms with Gasteiger partial charge in [-0.2, -0.15) is 0 Å². The number of aliphatic hydroxyl groups excluding tert-OH is 1. The Morgan fingerprint density at radius 2 is 2.35 bits per heavy atom. The summed E-state index contributed by atoms with van der Waals surface area (Å²) >= 11 is 1.40. The van der Waals surface area contributed by atoms with Gasteiger partial charge in [0.15, 0.2) is 0 Å². The number of aromatic nitrogens is 3. The molecule has 2 unspecified atom stereocenters. The molecule has 3 rings (SSSR count). The lowest BCUT2D eigenvalue weighted by Crippen LogP contribution is -2.42. The fraction of sp³-hybridized carbons (Fsp3) is 0.562. The Morgan fingerprint density at radius 3 is 3.04 bits per heavy atom. The number of hydrogen-bond acceptors (Lipinski definition) is 5. The number of aliphatic hydroxyl groups is 1. The van der Waals surface area contributed by atoms with Crippen LogP contribution in [0.1, 0.15) is 47.1 Å². The Balaban J connectivity index is 1.73. The van der Waals surface area contributed by atoms with Gasteiger partial charge in [0.05, 0.1) is 11.2 Å². The maximum Gasteiger partial charge on any atom is 0.265 e. The summed E-state index contributed by atoms with van der Waals surface area (Å²) in [6.45, 7) is 3.31. The van der Waals surface area contributed by atoms with Crippen LogP contribution in [0.2, 0.25) is 0 Å². The van der Waals surface area contributed by atoms with Crippen LogP contribution >= 0.6 is 11.3 Å². The molecule has 1 fully saturated rings. The van der Waals surface area contributed by atoms with Gasteiger partial charge < -0.3 is 14.6 Å². The molecule has 1 saturated heterocycles. The highest BCUT2D eigenvalue weighted by Crippen LogP contribution is 2.30. The number of carbonyl (C=O) groups excluding carboxylic acids is 1. The monoisotopic (exact) mass is 334 g/mol. The van der Waals surface area contributed by atoms with Gasteiger partial charge in [0.2, 0.25) is 0 Å². The molecule has 1 amide bonds. The van der Waals surface area contributed by atoms with Gasteiger partial charge in [-0.15, -0.1) is 11.3 Å². The van der Waals surface area contributed by atoms with Gasteiger partial charge in [-0.1, -0.05) is 6.92 Å². The Bertz CT molecular complexity index is 681. The summed E-state index contributed by atoms with van der Waals surface area (Å²) in [5.41, 5.74) is 2.60. The number of aryl methyl sites for hydroxylation is 2. The van der Waals surface area contributed by atoms with Gasteiger partial charge in [0, 0.05) is 38.4 Å². The maximum atomic E-state index is 12.8. The third-order valence-electron chi connectivity index (χ3n) is 4.48. The average molecular weight is 334 g/mol. The zero-order valence-electron chi connectivity index (χ0n) is 13.5. The molecule has 2 aromatic heterocycles. The van der Waals surface area contributed by atoms with Crippen LogP contribution < -0.4 is 0 Å². The van der Waals surface area contributed by atoms with E-state index < -0.39 is 6.10 Å². The molecule has 6 nitrogen and oxygen atoms in total. The third-order valence-corrected chi connectivity index (χ3v) is 5.34. The highest BCUT2D eigenvalue weighted by atomic mass is 32.1. The van der Waals surface area contributed by atoms with Crippen LogP contribution in [0.25, 0.3) is 0 Å². The lowest BCUT2D eigenvalue weighted by Gasteiger charge is -2.34. The summed E-state index contributed by atoms with van der Waals surface area (Å²) in [7, 11) is 1.88. The Morgan fingerprint density at radius 1 is 1.52 bits per heavy atom. The van der Waals surface area contributed by atoms with Crippen molar-refractivity contribution in [3.8, 4) is 0 Å². The van der Waals surface area contributed by atoms with Gasteiger partial charge in [-0.3, -0.25) is 4.79 Å². The average Bonchev–Trinajstić information content (AvgIpc) is 3.22. The summed E-state index contributed by atoms with van der Waals surface area (Å²) in [4.78, 5) is 23.9. The Kier molecular flexibility index (Phi) is 4.77. The lowest BCUT2D eigenvalue weighted by atomic mass is 9.91. The molecule has 0 aliphatic carbocycles. The van der Waals surface area contributed by atoms with E-state index in [1.54, 1.807) is 11.7 Å². The topological polar surface area (TPSA) is 71.2 Å². The Labute approximate surface area is 139 Å². The van der Waals surface area contributed by atoms with E-state index in [1.807, 2.05) is 29.6 Å². The van der Waals surface area contributed by atoms with Crippen molar-refractivity contribution in [3.05, 3.63) is 34.3 Å². The summed E-state index contributed by atoms with van der Waals surface area (Å²) in [5, 5.41) is 10.6. The molecule has 2 atom stereocenters. The molecule has 1 N–H and O–H groups in total. The number of nitrogens with zero attached hydrogens (tertiary/aromatic N) is 4. The summed E-state index contributed by atoms with van der Waals surface area (Å²) in [6.07, 6.45) is 5.44. The molecule has 23 heavy (non-hydrogen) atoms. The van der Waals surface area contributed by atoms with Crippen molar-refractivity contribution in [1.29, 1.82) is 0 Å². The molecule has 0 saturated carbocycles. The fourth-order valence-corrected chi connectivity index (χ4v) is 4.01. The molecule has 0 aromatic carbocycles. The molecule has 3 heterocycles. The molecule has 0 bridgehead atoms. The van der Waals surface area contributed by atoms with Crippen molar-refractivity contribution in [2.75, 3.05) is 13.1 Å². The molecule has 1 aliphatic heterocycles. The van der Waals surface area contributed by atoms with Gasteiger partial charge in [0.25, 0.3) is 5.91 Å². The standard InChI is InChI=1S/C16H22N4O2S/c1-3-12-14(23-10-18-12)16(22)20-7-4-5-11(9-20)13(21)15-17-6-8-19(15)2/h6,8,10-11,13,21H,3-5,7,9H2,1-2H3. The van der Waals surface area contributed by atoms with Crippen molar-refractivity contribution in [1.82, 2.24) is 19.4 Å². The van der Waals surface area contributed by atoms with Gasteiger partial charge in [0.1, 0.15) is 16.8 Å². The van der Waals surface area contributed by atoms with Crippen LogP contribution in [-0.2, 0) is 13.5 Å². The number of carbonyl (C=O) groups is 1. The molecule has 0 spiro atoms. The van der Waals surface area contributed by atoms with Crippen molar-refractivity contribution < 1.29 is 9.90 Å². The number of hydrogen-bond donors (Lipinski definition) is 1. The molecule has 7 heteroatoms. The normalized spacial score (nSPS) is 19.8. The molecular formula is C16H22N4O2S. The van der Waals surface area contributed by atoms with E-state index in [9.17, 15) is 9.90 Å². The summed E-state index contributed by atoms with van der Waals surface area (Å²) < 4.78 is 1.84. The number of imidazole rings is 1. The number of rotatable bonds is 4. The molecule has 2 aromatic rings. The first-order valence-corrected chi connectivity index (χ1v) is 8.86. The van der Waals surface area contributed by atoms with Crippen LogP contribution in [0.15, 0.2) is 17.9 Å². The van der Waals surface area contributed by atoms with Gasteiger partial charge in [-0.25, -0.2) is 9.97 Å². The quantitative estimate of drug-likeness (QED) is 0.929. The molecule has 124 valence electrons. The summed E-state index contributed by atoms with van der Waals surface area (Å²) in [6, 6.07) is 0. The van der Waals surface area contributed by atoms with E-state index in [0.717, 1.165) is 36.4 Å². The van der Waals surface area contributed by atoms with E-state index in [0.29, 0.717) is 12.4 Å². The molecular weight excluding hydrogens is 312 g/mol. The zero-order valence-corrected chi connectivity index (χ0v) is 14.3. The van der Waals surface area contributed by atoms with Crippen LogP contribution in [0, 0.1) is 5.92 Å². The van der Waals surface area contributed by atoms with Crippen LogP contribution in [0.4, 0.5) is 0 Å². The summed E-state index contributed by atoms with van der Waals surface area (Å²) in [5.74, 6) is 0.726. The predicted molar refractivity (Wildman–Crippen MR) is 88.3 cm³/mol. The van der Waals surface area contributed by atoms with Gasteiger partial charge >= 0.3 is 0 Å².